The van der Waals surface area contributed by atoms with Crippen LogP contribution in [0, 0.1) is 0 Å². The number of rotatable bonds is 6. The maximum absolute atomic E-state index is 3.72. The van der Waals surface area contributed by atoms with E-state index >= 15 is 0 Å². The Kier molecular flexibility index (Phi) is 10.1. The first-order valence-corrected chi connectivity index (χ1v) is 25.2. The summed E-state index contributed by atoms with van der Waals surface area (Å²) in [5, 5.41) is 7.19. The third-order valence-corrected chi connectivity index (χ3v) is 15.1. The zero-order chi connectivity index (χ0) is 43.4. The number of anilines is 3. The van der Waals surface area contributed by atoms with Gasteiger partial charge in [-0.1, -0.05) is 95.6 Å². The van der Waals surface area contributed by atoms with E-state index in [0.29, 0.717) is 0 Å². The number of nitrogens with zero attached hydrogens (tertiary/aromatic N) is 4. The summed E-state index contributed by atoms with van der Waals surface area (Å²) in [4.78, 5) is 2.34. The zero-order valence-electron chi connectivity index (χ0n) is 33.4. The molecule has 308 valence electrons. The summed E-state index contributed by atoms with van der Waals surface area (Å²) in [5.74, 6) is 0. The van der Waals surface area contributed by atoms with E-state index in [1.807, 2.05) is 0 Å². The highest BCUT2D eigenvalue weighted by Gasteiger charge is 2.19. The molecule has 0 amide bonds. The van der Waals surface area contributed by atoms with Gasteiger partial charge in [-0.15, -0.1) is 0 Å². The molecular weight excluding hydrogens is 1180 g/mol. The Morgan fingerprint density at radius 3 is 0.609 bits per heavy atom. The van der Waals surface area contributed by atoms with Crippen molar-refractivity contribution in [3.05, 3.63) is 209 Å². The van der Waals surface area contributed by atoms with Crippen LogP contribution in [-0.4, -0.2) is 13.7 Å². The normalized spacial score (nSPS) is 11.9. The van der Waals surface area contributed by atoms with Crippen LogP contribution in [0.3, 0.4) is 0 Å². The van der Waals surface area contributed by atoms with E-state index in [2.05, 4.69) is 296 Å². The molecule has 3 heterocycles. The van der Waals surface area contributed by atoms with Gasteiger partial charge < -0.3 is 18.6 Å². The van der Waals surface area contributed by atoms with Crippen LogP contribution >= 0.6 is 95.6 Å². The summed E-state index contributed by atoms with van der Waals surface area (Å²) in [6.45, 7) is 0. The molecule has 0 N–H and O–H groups in total. The number of hydrogen-bond donors (Lipinski definition) is 0. The standard InChI is InChI=1S/C54H30Br6N4/c55-31-1-19-49-43(25-31)44-26-32(56)2-20-50(44)62(49)40-13-7-37(8-14-40)61(38-9-15-41(16-10-38)63-51-21-3-33(57)27-45(51)46-28-34(58)4-22-52(46)63)39-11-17-42(18-12-39)64-53-23-5-35(59)29-47(53)48-30-36(60)6-24-54(48)64/h1-30H. The Morgan fingerprint density at radius 2 is 0.422 bits per heavy atom. The fourth-order valence-electron chi connectivity index (χ4n) is 9.44. The van der Waals surface area contributed by atoms with Crippen LogP contribution in [0.1, 0.15) is 0 Å². The molecule has 0 aliphatic rings. The van der Waals surface area contributed by atoms with Crippen molar-refractivity contribution >= 4 is 178 Å². The van der Waals surface area contributed by atoms with Crippen LogP contribution in [0.2, 0.25) is 0 Å². The predicted molar refractivity (Wildman–Crippen MR) is 290 cm³/mol. The Morgan fingerprint density at radius 1 is 0.234 bits per heavy atom. The van der Waals surface area contributed by atoms with Crippen molar-refractivity contribution in [1.82, 2.24) is 13.7 Å². The SMILES string of the molecule is Brc1ccc2c(c1)c1cc(Br)ccc1n2-c1ccc(N(c2ccc(-n3c4ccc(Br)cc4c4cc(Br)ccc43)cc2)c2ccc(-n3c4ccc(Br)cc4c4cc(Br)ccc43)cc2)cc1. The molecule has 0 unspecified atom stereocenters. The first kappa shape index (κ1) is 40.6. The minimum atomic E-state index is 1.05. The van der Waals surface area contributed by atoms with Gasteiger partial charge in [-0.3, -0.25) is 0 Å². The highest BCUT2D eigenvalue weighted by atomic mass is 79.9. The molecular formula is C54H30Br6N4. The van der Waals surface area contributed by atoms with Crippen LogP contribution in [0.5, 0.6) is 0 Å². The first-order valence-electron chi connectivity index (χ1n) is 20.5. The molecule has 0 aliphatic carbocycles. The highest BCUT2D eigenvalue weighted by molar-refractivity contribution is 9.11. The van der Waals surface area contributed by atoms with E-state index in [-0.39, 0.29) is 0 Å². The average Bonchev–Trinajstić information content (AvgIpc) is 3.91. The third kappa shape index (κ3) is 6.74. The summed E-state index contributed by atoms with van der Waals surface area (Å²) < 4.78 is 13.4. The molecule has 12 rings (SSSR count). The number of hydrogen-bond acceptors (Lipinski definition) is 1. The van der Waals surface area contributed by atoms with Crippen molar-refractivity contribution in [2.45, 2.75) is 0 Å². The Balaban J connectivity index is 1.00. The quantitative estimate of drug-likeness (QED) is 0.162. The maximum atomic E-state index is 3.72. The molecule has 0 aliphatic heterocycles. The topological polar surface area (TPSA) is 18.0 Å². The summed E-state index contributed by atoms with van der Waals surface area (Å²) in [5.41, 5.74) is 13.3. The highest BCUT2D eigenvalue weighted by Crippen LogP contribution is 2.42. The van der Waals surface area contributed by atoms with Crippen molar-refractivity contribution in [2.75, 3.05) is 4.90 Å². The largest absolute Gasteiger partial charge is 0.310 e. The van der Waals surface area contributed by atoms with Crippen molar-refractivity contribution in [3.63, 3.8) is 0 Å². The van der Waals surface area contributed by atoms with E-state index in [4.69, 9.17) is 0 Å². The van der Waals surface area contributed by atoms with Crippen LogP contribution in [0.4, 0.5) is 17.1 Å². The number of fused-ring (bicyclic) bond motifs is 9. The van der Waals surface area contributed by atoms with Gasteiger partial charge in [-0.25, -0.2) is 0 Å². The monoisotopic (exact) mass is 1210 g/mol. The number of benzene rings is 9. The van der Waals surface area contributed by atoms with Gasteiger partial charge in [0, 0.05) is 93.3 Å². The van der Waals surface area contributed by atoms with Crippen molar-refractivity contribution in [2.24, 2.45) is 0 Å². The van der Waals surface area contributed by atoms with E-state index < -0.39 is 0 Å². The van der Waals surface area contributed by atoms with Crippen molar-refractivity contribution in [3.8, 4) is 17.1 Å². The Hall–Kier alpha value is -4.94. The van der Waals surface area contributed by atoms with Gasteiger partial charge in [0.15, 0.2) is 0 Å². The van der Waals surface area contributed by atoms with Crippen LogP contribution in [-0.2, 0) is 0 Å². The molecule has 10 heteroatoms. The van der Waals surface area contributed by atoms with Gasteiger partial charge in [0.2, 0.25) is 0 Å². The minimum Gasteiger partial charge on any atom is -0.310 e. The van der Waals surface area contributed by atoms with Gasteiger partial charge in [0.05, 0.1) is 33.1 Å². The minimum absolute atomic E-state index is 1.05. The molecule has 4 nitrogen and oxygen atoms in total. The first-order chi connectivity index (χ1) is 31.2. The lowest BCUT2D eigenvalue weighted by Gasteiger charge is -2.26. The molecule has 0 radical (unpaired) electrons. The van der Waals surface area contributed by atoms with Crippen LogP contribution in [0.15, 0.2) is 209 Å². The van der Waals surface area contributed by atoms with Gasteiger partial charge in [0.25, 0.3) is 0 Å². The van der Waals surface area contributed by atoms with Crippen LogP contribution < -0.4 is 4.90 Å². The predicted octanol–water partition coefficient (Wildman–Crippen LogP) is 19.0. The fraction of sp³-hybridized carbons (Fsp3) is 0. The van der Waals surface area contributed by atoms with E-state index in [1.54, 1.807) is 0 Å². The second kappa shape index (κ2) is 15.9. The van der Waals surface area contributed by atoms with Gasteiger partial charge in [0.1, 0.15) is 0 Å². The molecule has 0 saturated carbocycles. The van der Waals surface area contributed by atoms with E-state index in [9.17, 15) is 0 Å². The smallest absolute Gasteiger partial charge is 0.0541 e. The van der Waals surface area contributed by atoms with Gasteiger partial charge in [-0.05, 0) is 182 Å². The molecule has 64 heavy (non-hydrogen) atoms. The van der Waals surface area contributed by atoms with E-state index in [1.165, 1.54) is 32.3 Å². The summed E-state index contributed by atoms with van der Waals surface area (Å²) in [6, 6.07) is 65.9. The lowest BCUT2D eigenvalue weighted by atomic mass is 10.1. The van der Waals surface area contributed by atoms with Gasteiger partial charge >= 0.3 is 0 Å². The number of aromatic nitrogens is 3. The second-order valence-corrected chi connectivity index (χ2v) is 21.4. The molecule has 0 fully saturated rings. The lowest BCUT2D eigenvalue weighted by molar-refractivity contribution is 1.16. The summed E-state index contributed by atoms with van der Waals surface area (Å²) in [7, 11) is 0. The Bertz CT molecular complexity index is 3270. The van der Waals surface area contributed by atoms with Crippen LogP contribution in [0.25, 0.3) is 82.5 Å². The second-order valence-electron chi connectivity index (χ2n) is 15.9. The van der Waals surface area contributed by atoms with Gasteiger partial charge in [-0.2, -0.15) is 0 Å². The molecule has 12 aromatic rings. The van der Waals surface area contributed by atoms with E-state index in [0.717, 1.165) is 94.1 Å². The molecule has 0 saturated heterocycles. The maximum Gasteiger partial charge on any atom is 0.0541 e. The molecule has 9 aromatic carbocycles. The zero-order valence-corrected chi connectivity index (χ0v) is 42.9. The summed E-state index contributed by atoms with van der Waals surface area (Å²) >= 11 is 22.3. The Labute approximate surface area is 418 Å². The molecule has 3 aromatic heterocycles. The lowest BCUT2D eigenvalue weighted by Crippen LogP contribution is -2.10. The average molecular weight is 1210 g/mol. The van der Waals surface area contributed by atoms with Crippen molar-refractivity contribution in [1.29, 1.82) is 0 Å². The summed E-state index contributed by atoms with van der Waals surface area (Å²) in [6.07, 6.45) is 0. The molecule has 0 bridgehead atoms. The van der Waals surface area contributed by atoms with Crippen molar-refractivity contribution < 1.29 is 0 Å². The fourth-order valence-corrected chi connectivity index (χ4v) is 11.6. The molecule has 0 atom stereocenters. The number of halogens is 6. The molecule has 0 spiro atoms. The third-order valence-electron chi connectivity index (χ3n) is 12.2.